The van der Waals surface area contributed by atoms with Crippen molar-refractivity contribution < 1.29 is 13.2 Å². The summed E-state index contributed by atoms with van der Waals surface area (Å²) in [7, 11) is -0.594. The van der Waals surface area contributed by atoms with E-state index in [1.807, 2.05) is 6.92 Å². The lowest BCUT2D eigenvalue weighted by molar-refractivity contribution is 0.0937. The van der Waals surface area contributed by atoms with Gasteiger partial charge in [-0.25, -0.2) is 12.7 Å². The second kappa shape index (κ2) is 7.04. The summed E-state index contributed by atoms with van der Waals surface area (Å²) >= 11 is 0. The van der Waals surface area contributed by atoms with Crippen LogP contribution in [-0.2, 0) is 10.0 Å². The van der Waals surface area contributed by atoms with E-state index in [1.54, 1.807) is 13.0 Å². The van der Waals surface area contributed by atoms with E-state index in [0.717, 1.165) is 22.7 Å². The third-order valence-corrected chi connectivity index (χ3v) is 5.14. The first kappa shape index (κ1) is 17.7. The Bertz CT molecular complexity index is 609. The highest BCUT2D eigenvalue weighted by atomic mass is 32.2. The number of carbonyl (C=O) groups excluding carboxylic acids is 1. The van der Waals surface area contributed by atoms with Crippen LogP contribution >= 0.6 is 0 Å². The maximum absolute atomic E-state index is 12.3. The molecule has 0 aliphatic heterocycles. The number of hydrogen-bond acceptors (Lipinski definition) is 3. The quantitative estimate of drug-likeness (QED) is 0.875. The molecule has 5 nitrogen and oxygen atoms in total. The Balaban J connectivity index is 3.11. The monoisotopic (exact) mass is 312 g/mol. The van der Waals surface area contributed by atoms with Gasteiger partial charge in [0, 0.05) is 25.7 Å². The van der Waals surface area contributed by atoms with Crippen LogP contribution in [0.5, 0.6) is 0 Å². The Morgan fingerprint density at radius 2 is 1.95 bits per heavy atom. The molecule has 118 valence electrons. The smallest absolute Gasteiger partial charge is 0.251 e. The minimum Gasteiger partial charge on any atom is -0.350 e. The SMILES string of the molecule is CCC[C@H](C)NC(=O)c1cc(S(=O)(=O)N(C)C)ccc1C. The molecule has 0 aliphatic carbocycles. The third-order valence-electron chi connectivity index (χ3n) is 3.33. The van der Waals surface area contributed by atoms with Crippen LogP contribution in [0.2, 0.25) is 0 Å². The van der Waals surface area contributed by atoms with Crippen LogP contribution < -0.4 is 5.32 Å². The largest absolute Gasteiger partial charge is 0.350 e. The lowest BCUT2D eigenvalue weighted by Gasteiger charge is -2.16. The summed E-state index contributed by atoms with van der Waals surface area (Å²) in [6, 6.07) is 4.70. The molecule has 0 radical (unpaired) electrons. The van der Waals surface area contributed by atoms with Crippen molar-refractivity contribution in [1.29, 1.82) is 0 Å². The van der Waals surface area contributed by atoms with Gasteiger partial charge in [0.05, 0.1) is 4.90 Å². The van der Waals surface area contributed by atoms with Gasteiger partial charge in [0.25, 0.3) is 5.91 Å². The van der Waals surface area contributed by atoms with Crippen molar-refractivity contribution in [3.8, 4) is 0 Å². The summed E-state index contributed by atoms with van der Waals surface area (Å²) in [6.45, 7) is 5.79. The topological polar surface area (TPSA) is 66.5 Å². The van der Waals surface area contributed by atoms with Crippen LogP contribution in [0.25, 0.3) is 0 Å². The molecular weight excluding hydrogens is 288 g/mol. The van der Waals surface area contributed by atoms with Gasteiger partial charge in [-0.05, 0) is 38.0 Å². The van der Waals surface area contributed by atoms with E-state index in [0.29, 0.717) is 5.56 Å². The molecule has 1 atom stereocenters. The molecule has 1 aromatic carbocycles. The average molecular weight is 312 g/mol. The molecule has 0 saturated carbocycles. The van der Waals surface area contributed by atoms with E-state index in [9.17, 15) is 13.2 Å². The first-order valence-electron chi connectivity index (χ1n) is 7.04. The fourth-order valence-corrected chi connectivity index (χ4v) is 2.95. The highest BCUT2D eigenvalue weighted by Gasteiger charge is 2.20. The number of aryl methyl sites for hydroxylation is 1. The zero-order chi connectivity index (χ0) is 16.2. The predicted octanol–water partition coefficient (Wildman–Crippen LogP) is 2.16. The fraction of sp³-hybridized carbons (Fsp3) is 0.533. The third kappa shape index (κ3) is 4.28. The van der Waals surface area contributed by atoms with E-state index in [1.165, 1.54) is 26.2 Å². The zero-order valence-corrected chi connectivity index (χ0v) is 14.1. The van der Waals surface area contributed by atoms with Gasteiger partial charge in [-0.1, -0.05) is 19.4 Å². The van der Waals surface area contributed by atoms with Gasteiger partial charge in [-0.2, -0.15) is 0 Å². The van der Waals surface area contributed by atoms with Crippen molar-refractivity contribution in [2.45, 2.75) is 44.6 Å². The molecule has 0 unspecified atom stereocenters. The predicted molar refractivity (Wildman–Crippen MR) is 83.9 cm³/mol. The highest BCUT2D eigenvalue weighted by molar-refractivity contribution is 7.89. The summed E-state index contributed by atoms with van der Waals surface area (Å²) in [6.07, 6.45) is 1.87. The number of benzene rings is 1. The Kier molecular flexibility index (Phi) is 5.92. The Labute approximate surface area is 127 Å². The van der Waals surface area contributed by atoms with E-state index in [-0.39, 0.29) is 16.8 Å². The number of amides is 1. The number of nitrogens with one attached hydrogen (secondary N) is 1. The molecule has 0 aliphatic rings. The number of sulfonamides is 1. The maximum Gasteiger partial charge on any atom is 0.251 e. The number of hydrogen-bond donors (Lipinski definition) is 1. The van der Waals surface area contributed by atoms with E-state index < -0.39 is 10.0 Å². The summed E-state index contributed by atoms with van der Waals surface area (Å²) < 4.78 is 25.4. The van der Waals surface area contributed by atoms with Crippen molar-refractivity contribution in [3.05, 3.63) is 29.3 Å². The van der Waals surface area contributed by atoms with Gasteiger partial charge >= 0.3 is 0 Å². The molecule has 1 rings (SSSR count). The highest BCUT2D eigenvalue weighted by Crippen LogP contribution is 2.18. The van der Waals surface area contributed by atoms with E-state index in [4.69, 9.17) is 0 Å². The number of carbonyl (C=O) groups is 1. The minimum atomic E-state index is -3.54. The van der Waals surface area contributed by atoms with Crippen LogP contribution in [0, 0.1) is 6.92 Å². The average Bonchev–Trinajstić information content (AvgIpc) is 2.38. The molecule has 0 heterocycles. The molecule has 0 saturated heterocycles. The van der Waals surface area contributed by atoms with Gasteiger partial charge in [-0.15, -0.1) is 0 Å². The fourth-order valence-electron chi connectivity index (χ4n) is 2.02. The van der Waals surface area contributed by atoms with Gasteiger partial charge < -0.3 is 5.32 Å². The number of rotatable bonds is 6. The summed E-state index contributed by atoms with van der Waals surface area (Å²) in [5.41, 5.74) is 1.16. The minimum absolute atomic E-state index is 0.0658. The summed E-state index contributed by atoms with van der Waals surface area (Å²) in [5.74, 6) is -0.232. The van der Waals surface area contributed by atoms with Crippen LogP contribution in [-0.4, -0.2) is 38.8 Å². The molecule has 1 N–H and O–H groups in total. The van der Waals surface area contributed by atoms with Crippen molar-refractivity contribution in [2.75, 3.05) is 14.1 Å². The van der Waals surface area contributed by atoms with Gasteiger partial charge in [0.2, 0.25) is 10.0 Å². The molecule has 0 fully saturated rings. The summed E-state index contributed by atoms with van der Waals surface area (Å²) in [5, 5.41) is 2.90. The van der Waals surface area contributed by atoms with Crippen molar-refractivity contribution in [2.24, 2.45) is 0 Å². The van der Waals surface area contributed by atoms with Crippen LogP contribution in [0.15, 0.2) is 23.1 Å². The number of nitrogens with zero attached hydrogens (tertiary/aromatic N) is 1. The van der Waals surface area contributed by atoms with E-state index in [2.05, 4.69) is 12.2 Å². The molecule has 21 heavy (non-hydrogen) atoms. The second-order valence-corrected chi connectivity index (χ2v) is 7.58. The standard InChI is InChI=1S/C15H24N2O3S/c1-6-7-12(3)16-15(18)14-10-13(9-8-11(14)2)21(19,20)17(4)5/h8-10,12H,6-7H2,1-5H3,(H,16,18)/t12-/m0/s1. The normalized spacial score (nSPS) is 13.2. The van der Waals surface area contributed by atoms with Gasteiger partial charge in [-0.3, -0.25) is 4.79 Å². The molecular formula is C15H24N2O3S. The van der Waals surface area contributed by atoms with Crippen LogP contribution in [0.4, 0.5) is 0 Å². The second-order valence-electron chi connectivity index (χ2n) is 5.43. The Morgan fingerprint density at radius 3 is 2.48 bits per heavy atom. The Hall–Kier alpha value is -1.40. The molecule has 6 heteroatoms. The molecule has 1 amide bonds. The lowest BCUT2D eigenvalue weighted by Crippen LogP contribution is -2.33. The Morgan fingerprint density at radius 1 is 1.33 bits per heavy atom. The lowest BCUT2D eigenvalue weighted by atomic mass is 10.1. The molecule has 0 bridgehead atoms. The first-order chi connectivity index (χ1) is 9.70. The molecule has 0 spiro atoms. The first-order valence-corrected chi connectivity index (χ1v) is 8.48. The molecule has 0 aromatic heterocycles. The van der Waals surface area contributed by atoms with Crippen molar-refractivity contribution in [1.82, 2.24) is 9.62 Å². The maximum atomic E-state index is 12.3. The van der Waals surface area contributed by atoms with Crippen LogP contribution in [0.1, 0.15) is 42.6 Å². The molecule has 1 aromatic rings. The summed E-state index contributed by atoms with van der Waals surface area (Å²) in [4.78, 5) is 12.4. The van der Waals surface area contributed by atoms with Crippen molar-refractivity contribution >= 4 is 15.9 Å². The van der Waals surface area contributed by atoms with E-state index >= 15 is 0 Å². The van der Waals surface area contributed by atoms with Crippen LogP contribution in [0.3, 0.4) is 0 Å². The van der Waals surface area contributed by atoms with Gasteiger partial charge in [0.1, 0.15) is 0 Å². The van der Waals surface area contributed by atoms with Gasteiger partial charge in [0.15, 0.2) is 0 Å². The zero-order valence-electron chi connectivity index (χ0n) is 13.3. The van der Waals surface area contributed by atoms with Crippen molar-refractivity contribution in [3.63, 3.8) is 0 Å².